The van der Waals surface area contributed by atoms with Crippen LogP contribution in [-0.2, 0) is 18.3 Å². The van der Waals surface area contributed by atoms with Gasteiger partial charge in [0, 0.05) is 11.9 Å². The zero-order valence-corrected chi connectivity index (χ0v) is 12.0. The van der Waals surface area contributed by atoms with E-state index in [4.69, 9.17) is 5.11 Å². The van der Waals surface area contributed by atoms with E-state index in [-0.39, 0.29) is 6.42 Å². The van der Waals surface area contributed by atoms with Crippen LogP contribution < -0.4 is 0 Å². The minimum Gasteiger partial charge on any atom is -0.481 e. The van der Waals surface area contributed by atoms with Gasteiger partial charge in [0.25, 0.3) is 0 Å². The Kier molecular flexibility index (Phi) is 3.57. The number of hydrogen-bond donors (Lipinski definition) is 1. The molecule has 3 rings (SSSR count). The number of aryl methyl sites for hydroxylation is 1. The van der Waals surface area contributed by atoms with Crippen LogP contribution >= 0.6 is 11.8 Å². The molecule has 1 N–H and O–H groups in total. The van der Waals surface area contributed by atoms with Crippen LogP contribution in [-0.4, -0.2) is 30.8 Å². The molecule has 106 valence electrons. The van der Waals surface area contributed by atoms with Crippen LogP contribution in [0.15, 0.2) is 46.7 Å². The minimum atomic E-state index is -0.830. The number of carboxylic acids is 1. The number of nitrogens with zero attached hydrogens (tertiary/aromatic N) is 4. The average Bonchev–Trinajstić information content (AvgIpc) is 2.83. The maximum atomic E-state index is 10.7. The van der Waals surface area contributed by atoms with Gasteiger partial charge in [-0.15, -0.1) is 0 Å². The third-order valence-electron chi connectivity index (χ3n) is 2.99. The Morgan fingerprint density at radius 2 is 2.05 bits per heavy atom. The maximum Gasteiger partial charge on any atom is 0.307 e. The second-order valence-electron chi connectivity index (χ2n) is 4.50. The van der Waals surface area contributed by atoms with E-state index in [1.54, 1.807) is 10.9 Å². The molecule has 7 heteroatoms. The molecule has 0 fully saturated rings. The van der Waals surface area contributed by atoms with Gasteiger partial charge in [0.1, 0.15) is 11.4 Å². The molecule has 2 heterocycles. The van der Waals surface area contributed by atoms with Crippen molar-refractivity contribution in [2.75, 3.05) is 0 Å². The molecule has 0 unspecified atom stereocenters. The molecule has 2 aromatic heterocycles. The lowest BCUT2D eigenvalue weighted by Gasteiger charge is -2.03. The van der Waals surface area contributed by atoms with Crippen LogP contribution in [0, 0.1) is 0 Å². The van der Waals surface area contributed by atoms with Gasteiger partial charge in [-0.05, 0) is 17.7 Å². The normalized spacial score (nSPS) is 10.9. The van der Waals surface area contributed by atoms with E-state index < -0.39 is 5.97 Å². The molecule has 0 bridgehead atoms. The topological polar surface area (TPSA) is 80.9 Å². The number of aromatic nitrogens is 4. The van der Waals surface area contributed by atoms with Crippen LogP contribution in [0.4, 0.5) is 0 Å². The standard InChI is InChI=1S/C14H12N4O2S/c1-18-13-11(7-17-18)14(16-8-15-13)21-10-4-2-9(3-5-10)6-12(19)20/h2-5,7-8H,6H2,1H3,(H,19,20). The first kappa shape index (κ1) is 13.6. The number of carboxylic acid groups (broad SMARTS) is 1. The van der Waals surface area contributed by atoms with E-state index in [0.29, 0.717) is 0 Å². The van der Waals surface area contributed by atoms with Gasteiger partial charge in [-0.1, -0.05) is 23.9 Å². The van der Waals surface area contributed by atoms with Crippen LogP contribution in [0.3, 0.4) is 0 Å². The molecule has 3 aromatic rings. The molecule has 0 saturated carbocycles. The molecular formula is C14H12N4O2S. The molecular weight excluding hydrogens is 288 g/mol. The highest BCUT2D eigenvalue weighted by Crippen LogP contribution is 2.30. The zero-order chi connectivity index (χ0) is 14.8. The summed E-state index contributed by atoms with van der Waals surface area (Å²) in [5, 5.41) is 14.7. The fourth-order valence-electron chi connectivity index (χ4n) is 1.98. The summed E-state index contributed by atoms with van der Waals surface area (Å²) in [4.78, 5) is 20.1. The Morgan fingerprint density at radius 3 is 2.76 bits per heavy atom. The highest BCUT2D eigenvalue weighted by atomic mass is 32.2. The van der Waals surface area contributed by atoms with E-state index in [1.807, 2.05) is 31.3 Å². The largest absolute Gasteiger partial charge is 0.481 e. The summed E-state index contributed by atoms with van der Waals surface area (Å²) < 4.78 is 1.71. The van der Waals surface area contributed by atoms with E-state index in [0.717, 1.165) is 26.5 Å². The number of hydrogen-bond acceptors (Lipinski definition) is 5. The second kappa shape index (κ2) is 5.53. The predicted molar refractivity (Wildman–Crippen MR) is 78.2 cm³/mol. The van der Waals surface area contributed by atoms with Gasteiger partial charge in [-0.2, -0.15) is 5.10 Å². The van der Waals surface area contributed by atoms with E-state index in [1.165, 1.54) is 18.1 Å². The molecule has 1 aromatic carbocycles. The Bertz CT molecular complexity index is 798. The quantitative estimate of drug-likeness (QED) is 0.743. The maximum absolute atomic E-state index is 10.7. The van der Waals surface area contributed by atoms with Crippen molar-refractivity contribution >= 4 is 28.8 Å². The summed E-state index contributed by atoms with van der Waals surface area (Å²) in [6, 6.07) is 7.43. The fraction of sp³-hybridized carbons (Fsp3) is 0.143. The first-order valence-electron chi connectivity index (χ1n) is 6.25. The highest BCUT2D eigenvalue weighted by Gasteiger charge is 2.09. The van der Waals surface area contributed by atoms with Gasteiger partial charge in [-0.3, -0.25) is 9.48 Å². The van der Waals surface area contributed by atoms with Gasteiger partial charge in [0.15, 0.2) is 5.65 Å². The van der Waals surface area contributed by atoms with Crippen molar-refractivity contribution in [3.8, 4) is 0 Å². The van der Waals surface area contributed by atoms with Crippen LogP contribution in [0.1, 0.15) is 5.56 Å². The van der Waals surface area contributed by atoms with Gasteiger partial charge in [-0.25, -0.2) is 9.97 Å². The minimum absolute atomic E-state index is 0.0330. The molecule has 6 nitrogen and oxygen atoms in total. The molecule has 0 saturated heterocycles. The predicted octanol–water partition coefficient (Wildman–Crippen LogP) is 2.14. The van der Waals surface area contributed by atoms with E-state index in [2.05, 4.69) is 15.1 Å². The number of aliphatic carboxylic acids is 1. The van der Waals surface area contributed by atoms with Crippen LogP contribution in [0.5, 0.6) is 0 Å². The second-order valence-corrected chi connectivity index (χ2v) is 5.56. The van der Waals surface area contributed by atoms with Gasteiger partial charge < -0.3 is 5.11 Å². The summed E-state index contributed by atoms with van der Waals surface area (Å²) >= 11 is 1.51. The smallest absolute Gasteiger partial charge is 0.307 e. The number of carbonyl (C=O) groups is 1. The van der Waals surface area contributed by atoms with Gasteiger partial charge >= 0.3 is 5.97 Å². The molecule has 0 spiro atoms. The summed E-state index contributed by atoms with van der Waals surface area (Å²) in [6.07, 6.45) is 3.30. The van der Waals surface area contributed by atoms with Crippen molar-refractivity contribution in [3.05, 3.63) is 42.4 Å². The first-order chi connectivity index (χ1) is 10.1. The fourth-order valence-corrected chi connectivity index (χ4v) is 2.83. The number of rotatable bonds is 4. The Balaban J connectivity index is 1.86. The Hall–Kier alpha value is -2.41. The van der Waals surface area contributed by atoms with Gasteiger partial charge in [0.05, 0.1) is 18.0 Å². The summed E-state index contributed by atoms with van der Waals surface area (Å²) in [5.74, 6) is -0.830. The van der Waals surface area contributed by atoms with Crippen LogP contribution in [0.25, 0.3) is 11.0 Å². The van der Waals surface area contributed by atoms with Crippen molar-refractivity contribution in [1.82, 2.24) is 19.7 Å². The zero-order valence-electron chi connectivity index (χ0n) is 11.2. The van der Waals surface area contributed by atoms with Gasteiger partial charge in [0.2, 0.25) is 0 Å². The monoisotopic (exact) mass is 300 g/mol. The van der Waals surface area contributed by atoms with Crippen molar-refractivity contribution < 1.29 is 9.90 Å². The molecule has 0 aliphatic rings. The lowest BCUT2D eigenvalue weighted by Crippen LogP contribution is -1.99. The molecule has 0 aliphatic heterocycles. The third-order valence-corrected chi connectivity index (χ3v) is 4.01. The van der Waals surface area contributed by atoms with Crippen LogP contribution in [0.2, 0.25) is 0 Å². The van der Waals surface area contributed by atoms with E-state index in [9.17, 15) is 4.79 Å². The van der Waals surface area contributed by atoms with Crippen molar-refractivity contribution in [2.45, 2.75) is 16.3 Å². The third kappa shape index (κ3) is 2.87. The molecule has 0 amide bonds. The Morgan fingerprint density at radius 1 is 1.29 bits per heavy atom. The molecule has 0 aliphatic carbocycles. The summed E-state index contributed by atoms with van der Waals surface area (Å²) in [5.41, 5.74) is 1.57. The number of benzene rings is 1. The molecule has 21 heavy (non-hydrogen) atoms. The summed E-state index contributed by atoms with van der Waals surface area (Å²) in [7, 11) is 1.84. The lowest BCUT2D eigenvalue weighted by atomic mass is 10.2. The molecule has 0 radical (unpaired) electrons. The Labute approximate surface area is 124 Å². The number of fused-ring (bicyclic) bond motifs is 1. The SMILES string of the molecule is Cn1ncc2c(Sc3ccc(CC(=O)O)cc3)ncnc21. The molecule has 0 atom stereocenters. The van der Waals surface area contributed by atoms with Crippen molar-refractivity contribution in [1.29, 1.82) is 0 Å². The van der Waals surface area contributed by atoms with Crippen molar-refractivity contribution in [2.24, 2.45) is 7.05 Å². The summed E-state index contributed by atoms with van der Waals surface area (Å²) in [6.45, 7) is 0. The lowest BCUT2D eigenvalue weighted by molar-refractivity contribution is -0.136. The van der Waals surface area contributed by atoms with Crippen molar-refractivity contribution in [3.63, 3.8) is 0 Å². The van der Waals surface area contributed by atoms with E-state index >= 15 is 0 Å². The highest BCUT2D eigenvalue weighted by molar-refractivity contribution is 7.99. The first-order valence-corrected chi connectivity index (χ1v) is 7.06. The average molecular weight is 300 g/mol.